The molecule has 0 radical (unpaired) electrons. The minimum absolute atomic E-state index is 0.0246. The summed E-state index contributed by atoms with van der Waals surface area (Å²) in [5, 5.41) is 6.25. The van der Waals surface area contributed by atoms with Gasteiger partial charge in [-0.05, 0) is 54.2 Å². The lowest BCUT2D eigenvalue weighted by Crippen LogP contribution is -2.12. The first-order chi connectivity index (χ1) is 11.8. The number of pyridine rings is 1. The molecule has 0 saturated heterocycles. The van der Waals surface area contributed by atoms with Crippen LogP contribution in [-0.4, -0.2) is 10.9 Å². The van der Waals surface area contributed by atoms with Gasteiger partial charge in [0.2, 0.25) is 0 Å². The number of aromatic nitrogens is 1. The number of fused-ring (bicyclic) bond motifs is 1. The Hall–Kier alpha value is -2.36. The lowest BCUT2D eigenvalue weighted by Gasteiger charge is -2.21. The molecule has 4 heteroatoms. The second kappa shape index (κ2) is 6.63. The first-order valence-corrected chi connectivity index (χ1v) is 8.89. The number of nitrogens with one attached hydrogen (secondary N) is 2. The topological polar surface area (TPSA) is 54.0 Å². The van der Waals surface area contributed by atoms with E-state index in [0.717, 1.165) is 22.5 Å². The number of hydrogen-bond donors (Lipinski definition) is 2. The molecule has 1 fully saturated rings. The summed E-state index contributed by atoms with van der Waals surface area (Å²) < 4.78 is 0. The normalized spacial score (nSPS) is 17.4. The van der Waals surface area contributed by atoms with Crippen molar-refractivity contribution in [1.82, 2.24) is 10.3 Å². The molecule has 0 atom stereocenters. The van der Waals surface area contributed by atoms with Crippen molar-refractivity contribution in [2.45, 2.75) is 51.1 Å². The number of anilines is 1. The highest BCUT2D eigenvalue weighted by atomic mass is 16.1. The van der Waals surface area contributed by atoms with Crippen LogP contribution < -0.4 is 10.6 Å². The Morgan fingerprint density at radius 1 is 1.12 bits per heavy atom. The van der Waals surface area contributed by atoms with E-state index in [1.54, 1.807) is 0 Å². The first kappa shape index (κ1) is 15.2. The van der Waals surface area contributed by atoms with E-state index < -0.39 is 0 Å². The van der Waals surface area contributed by atoms with E-state index in [4.69, 9.17) is 0 Å². The molecule has 1 aliphatic heterocycles. The summed E-state index contributed by atoms with van der Waals surface area (Å²) in [6.07, 6.45) is 8.75. The van der Waals surface area contributed by atoms with Crippen LogP contribution in [0.4, 0.5) is 5.69 Å². The largest absolute Gasteiger partial charge is 0.379 e. The Morgan fingerprint density at radius 3 is 2.79 bits per heavy atom. The molecule has 0 bridgehead atoms. The third-order valence-electron chi connectivity index (χ3n) is 5.19. The van der Waals surface area contributed by atoms with Crippen LogP contribution >= 0.6 is 0 Å². The molecule has 2 heterocycles. The van der Waals surface area contributed by atoms with E-state index in [1.165, 1.54) is 37.7 Å². The molecule has 24 heavy (non-hydrogen) atoms. The van der Waals surface area contributed by atoms with Gasteiger partial charge >= 0.3 is 0 Å². The Balaban J connectivity index is 1.38. The van der Waals surface area contributed by atoms with E-state index in [0.29, 0.717) is 19.0 Å². The Morgan fingerprint density at radius 2 is 2.00 bits per heavy atom. The van der Waals surface area contributed by atoms with Crippen LogP contribution in [0.2, 0.25) is 0 Å². The third kappa shape index (κ3) is 3.14. The molecule has 1 amide bonds. The number of rotatable bonds is 4. The van der Waals surface area contributed by atoms with Gasteiger partial charge in [-0.25, -0.2) is 0 Å². The highest BCUT2D eigenvalue weighted by molar-refractivity contribution is 5.98. The van der Waals surface area contributed by atoms with Gasteiger partial charge in [-0.15, -0.1) is 0 Å². The molecular weight excluding hydrogens is 298 g/mol. The second-order valence-electron chi connectivity index (χ2n) is 6.83. The predicted octanol–water partition coefficient (Wildman–Crippen LogP) is 3.98. The van der Waals surface area contributed by atoms with Gasteiger partial charge in [0, 0.05) is 24.0 Å². The summed E-state index contributed by atoms with van der Waals surface area (Å²) in [7, 11) is 0. The molecule has 0 unspecified atom stereocenters. The Bertz CT molecular complexity index is 733. The van der Waals surface area contributed by atoms with Crippen LogP contribution in [0.1, 0.15) is 65.2 Å². The van der Waals surface area contributed by atoms with Crippen molar-refractivity contribution in [3.05, 3.63) is 58.9 Å². The van der Waals surface area contributed by atoms with E-state index >= 15 is 0 Å². The zero-order valence-electron chi connectivity index (χ0n) is 13.8. The lowest BCUT2D eigenvalue weighted by atomic mass is 9.85. The number of carbonyl (C=O) groups is 1. The van der Waals surface area contributed by atoms with Gasteiger partial charge in [0.05, 0.1) is 12.2 Å². The standard InChI is InChI=1S/C20H23N3O/c24-20-19-9-8-17(10-16(19)12-23-20)22-13-18-7-6-15(11-21-18)14-4-2-1-3-5-14/h6-11,14,22H,1-5,12-13H2,(H,23,24). The van der Waals surface area contributed by atoms with E-state index in [2.05, 4.69) is 33.9 Å². The number of amides is 1. The van der Waals surface area contributed by atoms with Crippen LogP contribution in [0.5, 0.6) is 0 Å². The smallest absolute Gasteiger partial charge is 0.251 e. The maximum absolute atomic E-state index is 11.6. The molecular formula is C20H23N3O. The van der Waals surface area contributed by atoms with Crippen LogP contribution in [0.15, 0.2) is 36.5 Å². The Kier molecular flexibility index (Phi) is 4.20. The average molecular weight is 321 g/mol. The predicted molar refractivity (Wildman–Crippen MR) is 95.0 cm³/mol. The fraction of sp³-hybridized carbons (Fsp3) is 0.400. The maximum atomic E-state index is 11.6. The van der Waals surface area contributed by atoms with Gasteiger partial charge in [-0.1, -0.05) is 25.3 Å². The van der Waals surface area contributed by atoms with Crippen LogP contribution in [0.25, 0.3) is 0 Å². The number of benzene rings is 1. The molecule has 1 aliphatic carbocycles. The van der Waals surface area contributed by atoms with E-state index in [-0.39, 0.29) is 5.91 Å². The summed E-state index contributed by atoms with van der Waals surface area (Å²) in [6, 6.07) is 10.3. The first-order valence-electron chi connectivity index (χ1n) is 8.89. The van der Waals surface area contributed by atoms with E-state index in [1.807, 2.05) is 18.2 Å². The molecule has 4 rings (SSSR count). The summed E-state index contributed by atoms with van der Waals surface area (Å²) in [4.78, 5) is 16.2. The van der Waals surface area contributed by atoms with Gasteiger partial charge in [0.25, 0.3) is 5.91 Å². The molecule has 2 aromatic rings. The third-order valence-corrected chi connectivity index (χ3v) is 5.19. The van der Waals surface area contributed by atoms with Crippen molar-refractivity contribution < 1.29 is 4.79 Å². The van der Waals surface area contributed by atoms with Gasteiger partial charge < -0.3 is 10.6 Å². The molecule has 124 valence electrons. The van der Waals surface area contributed by atoms with Crippen LogP contribution in [0, 0.1) is 0 Å². The summed E-state index contributed by atoms with van der Waals surface area (Å²) >= 11 is 0. The number of hydrogen-bond acceptors (Lipinski definition) is 3. The fourth-order valence-corrected chi connectivity index (χ4v) is 3.75. The number of carbonyl (C=O) groups excluding carboxylic acids is 1. The van der Waals surface area contributed by atoms with Gasteiger partial charge in [-0.3, -0.25) is 9.78 Å². The molecule has 1 aromatic heterocycles. The van der Waals surface area contributed by atoms with Gasteiger partial charge in [0.1, 0.15) is 0 Å². The molecule has 1 saturated carbocycles. The monoisotopic (exact) mass is 321 g/mol. The summed E-state index contributed by atoms with van der Waals surface area (Å²) in [5.41, 5.74) is 5.31. The van der Waals surface area contributed by atoms with Crippen molar-refractivity contribution in [3.63, 3.8) is 0 Å². The minimum Gasteiger partial charge on any atom is -0.379 e. The van der Waals surface area contributed by atoms with Crippen molar-refractivity contribution in [3.8, 4) is 0 Å². The highest BCUT2D eigenvalue weighted by Crippen LogP contribution is 2.32. The van der Waals surface area contributed by atoms with Crippen molar-refractivity contribution in [1.29, 1.82) is 0 Å². The van der Waals surface area contributed by atoms with Gasteiger partial charge in [-0.2, -0.15) is 0 Å². The van der Waals surface area contributed by atoms with Crippen molar-refractivity contribution in [2.24, 2.45) is 0 Å². The molecule has 2 aliphatic rings. The molecule has 1 aromatic carbocycles. The Labute approximate surface area is 142 Å². The fourth-order valence-electron chi connectivity index (χ4n) is 3.75. The average Bonchev–Trinajstić information content (AvgIpc) is 3.02. The quantitative estimate of drug-likeness (QED) is 0.895. The van der Waals surface area contributed by atoms with E-state index in [9.17, 15) is 4.79 Å². The second-order valence-corrected chi connectivity index (χ2v) is 6.83. The van der Waals surface area contributed by atoms with Crippen LogP contribution in [-0.2, 0) is 13.1 Å². The summed E-state index contributed by atoms with van der Waals surface area (Å²) in [6.45, 7) is 1.32. The SMILES string of the molecule is O=C1NCc2cc(NCc3ccc(C4CCCCC4)cn3)ccc21. The van der Waals surface area contributed by atoms with Crippen molar-refractivity contribution in [2.75, 3.05) is 5.32 Å². The minimum atomic E-state index is 0.0246. The zero-order chi connectivity index (χ0) is 16.4. The molecule has 0 spiro atoms. The maximum Gasteiger partial charge on any atom is 0.251 e. The lowest BCUT2D eigenvalue weighted by molar-refractivity contribution is 0.0966. The zero-order valence-corrected chi connectivity index (χ0v) is 13.8. The van der Waals surface area contributed by atoms with Gasteiger partial charge in [0.15, 0.2) is 0 Å². The van der Waals surface area contributed by atoms with Crippen molar-refractivity contribution >= 4 is 11.6 Å². The van der Waals surface area contributed by atoms with Crippen LogP contribution in [0.3, 0.4) is 0 Å². The number of nitrogens with zero attached hydrogens (tertiary/aromatic N) is 1. The molecule has 2 N–H and O–H groups in total. The molecule has 4 nitrogen and oxygen atoms in total. The highest BCUT2D eigenvalue weighted by Gasteiger charge is 2.18. The summed E-state index contributed by atoms with van der Waals surface area (Å²) in [5.74, 6) is 0.728.